The minimum atomic E-state index is 0.219. The molecule has 2 heteroatoms. The summed E-state index contributed by atoms with van der Waals surface area (Å²) in [5.74, 6) is 1.32. The molecule has 1 aromatic carbocycles. The van der Waals surface area contributed by atoms with Crippen molar-refractivity contribution in [1.82, 2.24) is 0 Å². The summed E-state index contributed by atoms with van der Waals surface area (Å²) in [4.78, 5) is 0. The van der Waals surface area contributed by atoms with Crippen LogP contribution < -0.4 is 4.74 Å². The molecule has 0 fully saturated rings. The number of hydrogen-bond donors (Lipinski definition) is 0. The Morgan fingerprint density at radius 1 is 1.12 bits per heavy atom. The van der Waals surface area contributed by atoms with Crippen LogP contribution >= 0.6 is 11.6 Å². The molecular formula is C15H23ClO. The van der Waals surface area contributed by atoms with Gasteiger partial charge in [0.1, 0.15) is 5.75 Å². The third kappa shape index (κ3) is 4.59. The van der Waals surface area contributed by atoms with Crippen molar-refractivity contribution in [3.8, 4) is 5.75 Å². The van der Waals surface area contributed by atoms with Crippen molar-refractivity contribution in [2.45, 2.75) is 57.9 Å². The quantitative estimate of drug-likeness (QED) is 0.650. The largest absolute Gasteiger partial charge is 0.491 e. The van der Waals surface area contributed by atoms with E-state index in [9.17, 15) is 0 Å². The first-order chi connectivity index (χ1) is 8.04. The summed E-state index contributed by atoms with van der Waals surface area (Å²) in [6.45, 7) is 8.42. The monoisotopic (exact) mass is 254 g/mol. The minimum Gasteiger partial charge on any atom is -0.491 e. The number of alkyl halides is 1. The van der Waals surface area contributed by atoms with Gasteiger partial charge >= 0.3 is 0 Å². The van der Waals surface area contributed by atoms with E-state index in [1.807, 2.05) is 26.0 Å². The molecule has 96 valence electrons. The molecule has 0 spiro atoms. The highest BCUT2D eigenvalue weighted by Crippen LogP contribution is 2.27. The molecule has 0 aromatic heterocycles. The van der Waals surface area contributed by atoms with Gasteiger partial charge in [0.15, 0.2) is 0 Å². The molecule has 17 heavy (non-hydrogen) atoms. The second-order valence-corrected chi connectivity index (χ2v) is 5.39. The van der Waals surface area contributed by atoms with E-state index < -0.39 is 0 Å². The maximum Gasteiger partial charge on any atom is 0.119 e. The zero-order valence-corrected chi connectivity index (χ0v) is 12.0. The van der Waals surface area contributed by atoms with Gasteiger partial charge < -0.3 is 4.74 Å². The lowest BCUT2D eigenvalue weighted by molar-refractivity contribution is 0.242. The Kier molecular flexibility index (Phi) is 5.84. The van der Waals surface area contributed by atoms with Crippen molar-refractivity contribution in [2.75, 3.05) is 0 Å². The molecule has 0 amide bonds. The number of hydrogen-bond acceptors (Lipinski definition) is 1. The molecule has 0 N–H and O–H groups in total. The topological polar surface area (TPSA) is 9.23 Å². The molecule has 2 unspecified atom stereocenters. The number of ether oxygens (including phenoxy) is 1. The fraction of sp³-hybridized carbons (Fsp3) is 0.600. The van der Waals surface area contributed by atoms with Gasteiger partial charge in [0.2, 0.25) is 0 Å². The molecule has 1 aromatic rings. The lowest BCUT2D eigenvalue weighted by atomic mass is 9.95. The van der Waals surface area contributed by atoms with Crippen LogP contribution in [0.3, 0.4) is 0 Å². The summed E-state index contributed by atoms with van der Waals surface area (Å²) in [6, 6.07) is 8.30. The molecule has 0 saturated heterocycles. The van der Waals surface area contributed by atoms with Crippen molar-refractivity contribution >= 4 is 11.6 Å². The van der Waals surface area contributed by atoms with E-state index in [0.717, 1.165) is 18.6 Å². The van der Waals surface area contributed by atoms with Crippen LogP contribution in [0.4, 0.5) is 0 Å². The van der Waals surface area contributed by atoms with E-state index in [1.165, 1.54) is 5.56 Å². The summed E-state index contributed by atoms with van der Waals surface area (Å²) >= 11 is 6.36. The van der Waals surface area contributed by atoms with Gasteiger partial charge in [0, 0.05) is 5.38 Å². The normalized spacial score (nSPS) is 14.7. The summed E-state index contributed by atoms with van der Waals surface area (Å²) < 4.78 is 5.62. The molecule has 0 radical (unpaired) electrons. The van der Waals surface area contributed by atoms with Crippen LogP contribution in [0.2, 0.25) is 0 Å². The molecule has 0 aliphatic carbocycles. The molecule has 0 bridgehead atoms. The Morgan fingerprint density at radius 3 is 2.18 bits per heavy atom. The summed E-state index contributed by atoms with van der Waals surface area (Å²) in [6.07, 6.45) is 2.42. The maximum absolute atomic E-state index is 6.36. The first-order valence-electron chi connectivity index (χ1n) is 6.45. The van der Waals surface area contributed by atoms with Crippen LogP contribution in [0.25, 0.3) is 0 Å². The van der Waals surface area contributed by atoms with Crippen molar-refractivity contribution in [2.24, 2.45) is 0 Å². The molecule has 0 heterocycles. The molecule has 0 saturated carbocycles. The molecule has 0 aliphatic heterocycles. The summed E-state index contributed by atoms with van der Waals surface area (Å²) in [7, 11) is 0. The Hall–Kier alpha value is -0.690. The zero-order chi connectivity index (χ0) is 12.8. The smallest absolute Gasteiger partial charge is 0.119 e. The van der Waals surface area contributed by atoms with Gasteiger partial charge in [0.25, 0.3) is 0 Å². The molecule has 1 nitrogen and oxygen atoms in total. The highest BCUT2D eigenvalue weighted by Gasteiger charge is 2.15. The number of benzene rings is 1. The van der Waals surface area contributed by atoms with Gasteiger partial charge in [-0.3, -0.25) is 0 Å². The third-order valence-electron chi connectivity index (χ3n) is 2.88. The second-order valence-electron chi connectivity index (χ2n) is 4.83. The van der Waals surface area contributed by atoms with Crippen molar-refractivity contribution < 1.29 is 4.74 Å². The fourth-order valence-corrected chi connectivity index (χ4v) is 2.22. The van der Waals surface area contributed by atoms with Crippen molar-refractivity contribution in [1.29, 1.82) is 0 Å². The van der Waals surface area contributed by atoms with Gasteiger partial charge in [-0.1, -0.05) is 32.4 Å². The lowest BCUT2D eigenvalue weighted by Crippen LogP contribution is -2.09. The number of halogens is 1. The van der Waals surface area contributed by atoms with Crippen LogP contribution in [0.5, 0.6) is 5.75 Å². The Labute approximate surface area is 110 Å². The predicted molar refractivity (Wildman–Crippen MR) is 75.2 cm³/mol. The fourth-order valence-electron chi connectivity index (χ4n) is 1.86. The summed E-state index contributed by atoms with van der Waals surface area (Å²) in [5, 5.41) is 0.219. The highest BCUT2D eigenvalue weighted by atomic mass is 35.5. The maximum atomic E-state index is 6.36. The van der Waals surface area contributed by atoms with Crippen LogP contribution in [-0.4, -0.2) is 11.5 Å². The first-order valence-corrected chi connectivity index (χ1v) is 6.89. The minimum absolute atomic E-state index is 0.219. The Morgan fingerprint density at radius 2 is 1.71 bits per heavy atom. The van der Waals surface area contributed by atoms with E-state index in [0.29, 0.717) is 5.92 Å². The van der Waals surface area contributed by atoms with E-state index in [1.54, 1.807) is 0 Å². The second kappa shape index (κ2) is 6.90. The Balaban J connectivity index is 2.66. The van der Waals surface area contributed by atoms with Gasteiger partial charge in [-0.15, -0.1) is 11.6 Å². The average molecular weight is 255 g/mol. The summed E-state index contributed by atoms with van der Waals surface area (Å²) in [5.41, 5.74) is 1.29. The number of rotatable bonds is 6. The van der Waals surface area contributed by atoms with Crippen LogP contribution in [0.1, 0.15) is 52.0 Å². The zero-order valence-electron chi connectivity index (χ0n) is 11.2. The van der Waals surface area contributed by atoms with E-state index in [4.69, 9.17) is 16.3 Å². The lowest BCUT2D eigenvalue weighted by Gasteiger charge is -2.18. The van der Waals surface area contributed by atoms with E-state index in [-0.39, 0.29) is 11.5 Å². The van der Waals surface area contributed by atoms with E-state index >= 15 is 0 Å². The third-order valence-corrected chi connectivity index (χ3v) is 3.48. The van der Waals surface area contributed by atoms with Gasteiger partial charge in [-0.05, 0) is 43.9 Å². The molecule has 0 aliphatic rings. The molecule has 1 rings (SSSR count). The van der Waals surface area contributed by atoms with E-state index in [2.05, 4.69) is 26.0 Å². The van der Waals surface area contributed by atoms with Gasteiger partial charge in [0.05, 0.1) is 6.10 Å². The van der Waals surface area contributed by atoms with Gasteiger partial charge in [-0.2, -0.15) is 0 Å². The van der Waals surface area contributed by atoms with Crippen LogP contribution in [0.15, 0.2) is 24.3 Å². The van der Waals surface area contributed by atoms with Crippen LogP contribution in [0, 0.1) is 0 Å². The average Bonchev–Trinajstić information content (AvgIpc) is 2.28. The highest BCUT2D eigenvalue weighted by molar-refractivity contribution is 6.21. The predicted octanol–water partition coefficient (Wildman–Crippen LogP) is 4.98. The standard InChI is InChI=1S/C15H23ClO/c1-5-6-15(16)12(4)13-7-9-14(10-8-13)17-11(2)3/h7-12,15H,5-6H2,1-4H3. The molecule has 2 atom stereocenters. The van der Waals surface area contributed by atoms with Crippen LogP contribution in [-0.2, 0) is 0 Å². The molecular weight excluding hydrogens is 232 g/mol. The Bertz CT molecular complexity index is 318. The van der Waals surface area contributed by atoms with Crippen molar-refractivity contribution in [3.63, 3.8) is 0 Å². The van der Waals surface area contributed by atoms with Crippen molar-refractivity contribution in [3.05, 3.63) is 29.8 Å². The first kappa shape index (κ1) is 14.4. The van der Waals surface area contributed by atoms with Gasteiger partial charge in [-0.25, -0.2) is 0 Å². The SMILES string of the molecule is CCCC(Cl)C(C)c1ccc(OC(C)C)cc1.